The highest BCUT2D eigenvalue weighted by Gasteiger charge is 2.51. The van der Waals surface area contributed by atoms with Crippen molar-refractivity contribution < 1.29 is 58.5 Å². The number of fused-ring (bicyclic) bond motifs is 6. The largest absolute Gasteiger partial charge is 0.507 e. The topological polar surface area (TPSA) is 237 Å². The first-order valence-electron chi connectivity index (χ1n) is 16.8. The molecule has 0 saturated carbocycles. The van der Waals surface area contributed by atoms with E-state index in [0.717, 1.165) is 26.2 Å². The molecule has 280 valence electrons. The van der Waals surface area contributed by atoms with Crippen LogP contribution in [0.2, 0.25) is 0 Å². The van der Waals surface area contributed by atoms with Crippen LogP contribution in [-0.4, -0.2) is 124 Å². The number of hydrogen-bond donors (Lipinski definition) is 6. The molecule has 4 heterocycles. The summed E-state index contributed by atoms with van der Waals surface area (Å²) in [6.07, 6.45) is -0.644. The van der Waals surface area contributed by atoms with E-state index in [1.807, 2.05) is 0 Å². The number of aliphatic hydroxyl groups is 2. The molecule has 0 radical (unpaired) electrons. The molecular formula is C35H43N5O12. The molecule has 1 amide bonds. The van der Waals surface area contributed by atoms with E-state index < -0.39 is 35.3 Å². The summed E-state index contributed by atoms with van der Waals surface area (Å²) in [5, 5.41) is 47.6. The second-order valence-electron chi connectivity index (χ2n) is 13.0. The van der Waals surface area contributed by atoms with Gasteiger partial charge in [0.15, 0.2) is 24.1 Å². The summed E-state index contributed by atoms with van der Waals surface area (Å²) in [5.74, 6) is -1.16. The first-order valence-corrected chi connectivity index (χ1v) is 16.8. The number of hydrogen-bond acceptors (Lipinski definition) is 15. The van der Waals surface area contributed by atoms with Crippen LogP contribution in [0.25, 0.3) is 0 Å². The highest BCUT2D eigenvalue weighted by Crippen LogP contribution is 2.49. The molecule has 17 heteroatoms. The number of carbonyl (C=O) groups excluding carboxylic acids is 3. The SMILES string of the molecule is COC1OCCN2C3CCOC(C)C3O[C@H]12.COc1cccc2c1C(=O)c1c(O)c3c(c(O)c1C2=O)CC(O)CC3O.Cn1nc(NC=O)cc1N. The second-order valence-corrected chi connectivity index (χ2v) is 13.0. The van der Waals surface area contributed by atoms with E-state index in [1.54, 1.807) is 26.3 Å². The van der Waals surface area contributed by atoms with Gasteiger partial charge in [0.05, 0.1) is 48.7 Å². The highest BCUT2D eigenvalue weighted by molar-refractivity contribution is 6.31. The van der Waals surface area contributed by atoms with Gasteiger partial charge in [-0.25, -0.2) is 0 Å². The molecule has 0 bridgehead atoms. The maximum Gasteiger partial charge on any atom is 0.212 e. The van der Waals surface area contributed by atoms with Gasteiger partial charge in [-0.3, -0.25) is 24.0 Å². The molecule has 7 N–H and O–H groups in total. The molecule has 1 aromatic heterocycles. The lowest BCUT2D eigenvalue weighted by Crippen LogP contribution is -2.53. The number of aliphatic hydroxyl groups excluding tert-OH is 2. The van der Waals surface area contributed by atoms with E-state index in [9.17, 15) is 34.8 Å². The lowest BCUT2D eigenvalue weighted by Gasteiger charge is -2.37. The number of aromatic hydroxyl groups is 2. The molecule has 6 unspecified atom stereocenters. The number of rotatable bonds is 4. The number of morpholine rings is 1. The number of aromatic nitrogens is 2. The number of phenols is 2. The first-order chi connectivity index (χ1) is 24.9. The zero-order chi connectivity index (χ0) is 37.4. The van der Waals surface area contributed by atoms with Gasteiger partial charge in [0.2, 0.25) is 12.2 Å². The van der Waals surface area contributed by atoms with Crippen molar-refractivity contribution in [2.75, 3.05) is 45.0 Å². The maximum atomic E-state index is 13.0. The number of amides is 1. The number of anilines is 2. The summed E-state index contributed by atoms with van der Waals surface area (Å²) >= 11 is 0. The molecule has 3 fully saturated rings. The third kappa shape index (κ3) is 6.60. The fraction of sp³-hybridized carbons (Fsp3) is 0.486. The minimum absolute atomic E-state index is 0.00693. The Hall–Kier alpha value is -4.62. The average Bonchev–Trinajstić information content (AvgIpc) is 3.67. The minimum atomic E-state index is -1.26. The van der Waals surface area contributed by atoms with E-state index in [-0.39, 0.29) is 76.7 Å². The molecule has 3 saturated heterocycles. The third-order valence-electron chi connectivity index (χ3n) is 9.94. The fourth-order valence-electron chi connectivity index (χ4n) is 7.48. The van der Waals surface area contributed by atoms with E-state index in [0.29, 0.717) is 24.1 Å². The van der Waals surface area contributed by atoms with Gasteiger partial charge in [0.25, 0.3) is 0 Å². The van der Waals surface area contributed by atoms with Crippen molar-refractivity contribution in [1.29, 1.82) is 0 Å². The number of nitrogen functional groups attached to an aromatic ring is 1. The Morgan fingerprint density at radius 3 is 2.48 bits per heavy atom. The fourth-order valence-corrected chi connectivity index (χ4v) is 7.48. The van der Waals surface area contributed by atoms with Crippen LogP contribution in [-0.2, 0) is 37.2 Å². The molecule has 3 aromatic rings. The Morgan fingerprint density at radius 2 is 1.81 bits per heavy atom. The number of carbonyl (C=O) groups is 3. The number of phenolic OH excluding ortho intramolecular Hbond substituents is 2. The minimum Gasteiger partial charge on any atom is -0.507 e. The van der Waals surface area contributed by atoms with E-state index in [4.69, 9.17) is 29.4 Å². The van der Waals surface area contributed by atoms with Gasteiger partial charge in [0.1, 0.15) is 29.2 Å². The molecule has 7 atom stereocenters. The number of nitrogens with two attached hydrogens (primary N) is 1. The van der Waals surface area contributed by atoms with Gasteiger partial charge in [-0.1, -0.05) is 12.1 Å². The highest BCUT2D eigenvalue weighted by atomic mass is 16.7. The van der Waals surface area contributed by atoms with Crippen LogP contribution in [0.4, 0.5) is 11.6 Å². The Morgan fingerprint density at radius 1 is 1.06 bits per heavy atom. The van der Waals surface area contributed by atoms with Gasteiger partial charge >= 0.3 is 0 Å². The van der Waals surface area contributed by atoms with Crippen LogP contribution in [0.15, 0.2) is 24.3 Å². The smallest absolute Gasteiger partial charge is 0.212 e. The third-order valence-corrected chi connectivity index (χ3v) is 9.94. The number of aryl methyl sites for hydroxylation is 1. The normalized spacial score (nSPS) is 27.3. The van der Waals surface area contributed by atoms with Crippen LogP contribution in [0.5, 0.6) is 17.2 Å². The van der Waals surface area contributed by atoms with Crippen LogP contribution in [0.1, 0.15) is 68.8 Å². The Kier molecular flexibility index (Phi) is 10.8. The predicted molar refractivity (Wildman–Crippen MR) is 182 cm³/mol. The number of nitrogens with one attached hydrogen (secondary N) is 1. The Bertz CT molecular complexity index is 1830. The van der Waals surface area contributed by atoms with Crippen molar-refractivity contribution in [1.82, 2.24) is 14.7 Å². The summed E-state index contributed by atoms with van der Waals surface area (Å²) in [4.78, 5) is 38.2. The Balaban J connectivity index is 0.000000151. The monoisotopic (exact) mass is 725 g/mol. The van der Waals surface area contributed by atoms with E-state index >= 15 is 0 Å². The standard InChI is InChI=1S/C19H16O7.C11H19NO4.C5H8N4O/c1-26-11-4-2-3-8-13(11)19(25)15-14(16(8)22)17(23)9-5-7(20)6-10(21)12(9)18(15)24;1-7-9-8(3-5-14-7)12-4-6-15-11(13-2)10(12)16-9;1-9-4(6)2-5(8-9)7-3-10/h2-4,7,10,20-21,23-24H,5-6H2,1H3;7-11H,3-6H2,1-2H3;2-3H,6H2,1H3,(H,7,8,10)/t;7?,8?,9?,10-,11?;/m.1./s1. The van der Waals surface area contributed by atoms with Gasteiger partial charge in [0, 0.05) is 68.9 Å². The first kappa shape index (κ1) is 37.1. The molecule has 3 aliphatic heterocycles. The van der Waals surface area contributed by atoms with Crippen molar-refractivity contribution in [3.8, 4) is 17.2 Å². The lowest BCUT2D eigenvalue weighted by molar-refractivity contribution is -0.246. The average molecular weight is 726 g/mol. The summed E-state index contributed by atoms with van der Waals surface area (Å²) in [6.45, 7) is 4.56. The van der Waals surface area contributed by atoms with Gasteiger partial charge in [-0.15, -0.1) is 0 Å². The summed E-state index contributed by atoms with van der Waals surface area (Å²) in [5.41, 5.74) is 4.89. The van der Waals surface area contributed by atoms with E-state index in [1.165, 1.54) is 23.9 Å². The van der Waals surface area contributed by atoms with Gasteiger partial charge < -0.3 is 55.2 Å². The molecule has 52 heavy (non-hydrogen) atoms. The second kappa shape index (κ2) is 15.2. The Labute approximate surface area is 298 Å². The molecule has 8 rings (SSSR count). The number of benzene rings is 2. The van der Waals surface area contributed by atoms with Crippen molar-refractivity contribution in [3.05, 3.63) is 57.6 Å². The zero-order valence-corrected chi connectivity index (χ0v) is 29.1. The van der Waals surface area contributed by atoms with Crippen molar-refractivity contribution in [2.45, 2.75) is 69.2 Å². The van der Waals surface area contributed by atoms with Crippen molar-refractivity contribution >= 4 is 29.6 Å². The summed E-state index contributed by atoms with van der Waals surface area (Å²) in [7, 11) is 4.73. The number of ether oxygens (including phenoxy) is 5. The van der Waals surface area contributed by atoms with Gasteiger partial charge in [-0.2, -0.15) is 5.10 Å². The zero-order valence-electron chi connectivity index (χ0n) is 29.1. The lowest BCUT2D eigenvalue weighted by atomic mass is 9.76. The predicted octanol–water partition coefficient (Wildman–Crippen LogP) is 0.986. The molecule has 0 spiro atoms. The van der Waals surface area contributed by atoms with Crippen LogP contribution < -0.4 is 15.8 Å². The van der Waals surface area contributed by atoms with Crippen molar-refractivity contribution in [2.24, 2.45) is 7.05 Å². The number of ketones is 2. The van der Waals surface area contributed by atoms with Crippen LogP contribution >= 0.6 is 0 Å². The maximum absolute atomic E-state index is 13.0. The molecular weight excluding hydrogens is 682 g/mol. The summed E-state index contributed by atoms with van der Waals surface area (Å²) < 4.78 is 29.2. The molecule has 2 aliphatic carbocycles. The molecule has 2 aromatic carbocycles. The van der Waals surface area contributed by atoms with Crippen molar-refractivity contribution in [3.63, 3.8) is 0 Å². The van der Waals surface area contributed by atoms with Crippen LogP contribution in [0, 0.1) is 0 Å². The molecule has 17 nitrogen and oxygen atoms in total. The van der Waals surface area contributed by atoms with E-state index in [2.05, 4.69) is 22.2 Å². The van der Waals surface area contributed by atoms with Crippen LogP contribution in [0.3, 0.4) is 0 Å². The quantitative estimate of drug-likeness (QED) is 0.127. The number of nitrogens with zero attached hydrogens (tertiary/aromatic N) is 3. The number of methoxy groups -OCH3 is 2. The summed E-state index contributed by atoms with van der Waals surface area (Å²) in [6, 6.07) is 6.57. The molecule has 5 aliphatic rings. The van der Waals surface area contributed by atoms with Gasteiger partial charge in [-0.05, 0) is 19.4 Å².